The Balaban J connectivity index is 3.47. The zero-order chi connectivity index (χ0) is 10.0. The monoisotopic (exact) mass is 187 g/mol. The molecule has 0 aromatic carbocycles. The lowest BCUT2D eigenvalue weighted by Crippen LogP contribution is -2.14. The van der Waals surface area contributed by atoms with Gasteiger partial charge in [0, 0.05) is 22.9 Å². The van der Waals surface area contributed by atoms with Crippen LogP contribution in [0.1, 0.15) is 27.9 Å². The molecular formula is C8H7F2NO2. The molecule has 70 valence electrons. The van der Waals surface area contributed by atoms with Crippen molar-refractivity contribution in [1.29, 1.82) is 0 Å². The molecule has 0 unspecified atom stereocenters. The molecule has 1 aromatic rings. The van der Waals surface area contributed by atoms with Gasteiger partial charge < -0.3 is 4.98 Å². The summed E-state index contributed by atoms with van der Waals surface area (Å²) in [6.45, 7) is 1.33. The first-order valence-corrected chi connectivity index (χ1v) is 3.53. The summed E-state index contributed by atoms with van der Waals surface area (Å²) in [5.74, 6) is 0. The number of rotatable bonds is 2. The zero-order valence-electron chi connectivity index (χ0n) is 6.80. The minimum Gasteiger partial charge on any atom is -0.328 e. The Labute approximate surface area is 72.4 Å². The topological polar surface area (TPSA) is 49.9 Å². The van der Waals surface area contributed by atoms with Crippen molar-refractivity contribution in [2.45, 2.75) is 13.3 Å². The molecule has 0 aliphatic rings. The zero-order valence-corrected chi connectivity index (χ0v) is 6.80. The van der Waals surface area contributed by atoms with Crippen LogP contribution in [0.15, 0.2) is 11.0 Å². The van der Waals surface area contributed by atoms with Crippen molar-refractivity contribution in [1.82, 2.24) is 4.98 Å². The first kappa shape index (κ1) is 9.57. The van der Waals surface area contributed by atoms with Crippen LogP contribution in [-0.4, -0.2) is 11.3 Å². The number of H-pyrrole nitrogens is 1. The van der Waals surface area contributed by atoms with E-state index in [9.17, 15) is 18.4 Å². The molecule has 3 nitrogen and oxygen atoms in total. The second kappa shape index (κ2) is 3.47. The predicted octanol–water partition coefficient (Wildman–Crippen LogP) is 1.43. The lowest BCUT2D eigenvalue weighted by atomic mass is 10.1. The average Bonchev–Trinajstić information content (AvgIpc) is 2.09. The molecule has 1 rings (SSSR count). The molecule has 0 atom stereocenters. The molecule has 1 heterocycles. The fourth-order valence-electron chi connectivity index (χ4n) is 1.01. The van der Waals surface area contributed by atoms with Gasteiger partial charge in [0.1, 0.15) is 0 Å². The van der Waals surface area contributed by atoms with E-state index < -0.39 is 17.5 Å². The van der Waals surface area contributed by atoms with Gasteiger partial charge in [-0.25, -0.2) is 8.78 Å². The van der Waals surface area contributed by atoms with Crippen molar-refractivity contribution >= 4 is 6.29 Å². The van der Waals surface area contributed by atoms with Crippen molar-refractivity contribution in [3.63, 3.8) is 0 Å². The van der Waals surface area contributed by atoms with E-state index in [0.717, 1.165) is 6.20 Å². The molecule has 1 N–H and O–H groups in total. The average molecular weight is 187 g/mol. The van der Waals surface area contributed by atoms with Crippen LogP contribution in [0.3, 0.4) is 0 Å². The lowest BCUT2D eigenvalue weighted by Gasteiger charge is -2.04. The normalized spacial score (nSPS) is 10.5. The quantitative estimate of drug-likeness (QED) is 0.712. The minimum absolute atomic E-state index is 0.0211. The summed E-state index contributed by atoms with van der Waals surface area (Å²) < 4.78 is 24.5. The van der Waals surface area contributed by atoms with Gasteiger partial charge in [-0.2, -0.15) is 0 Å². The maximum atomic E-state index is 12.2. The number of hydrogen-bond donors (Lipinski definition) is 1. The number of aromatic nitrogens is 1. The Kier molecular flexibility index (Phi) is 2.55. The van der Waals surface area contributed by atoms with Crippen LogP contribution < -0.4 is 5.56 Å². The van der Waals surface area contributed by atoms with Crippen LogP contribution in [0.2, 0.25) is 0 Å². The highest BCUT2D eigenvalue weighted by Crippen LogP contribution is 2.21. The van der Waals surface area contributed by atoms with E-state index in [0.29, 0.717) is 0 Å². The molecule has 0 saturated heterocycles. The van der Waals surface area contributed by atoms with E-state index in [4.69, 9.17) is 0 Å². The number of carbonyl (C=O) groups is 1. The van der Waals surface area contributed by atoms with Crippen LogP contribution in [0.4, 0.5) is 8.78 Å². The van der Waals surface area contributed by atoms with Gasteiger partial charge in [0.2, 0.25) is 0 Å². The van der Waals surface area contributed by atoms with Crippen LogP contribution in [0.5, 0.6) is 0 Å². The predicted molar refractivity (Wildman–Crippen MR) is 42.1 cm³/mol. The Morgan fingerprint density at radius 1 is 1.54 bits per heavy atom. The number of aromatic amines is 1. The Hall–Kier alpha value is -1.52. The molecule has 5 heteroatoms. The van der Waals surface area contributed by atoms with Gasteiger partial charge in [0.15, 0.2) is 6.29 Å². The second-order valence-corrected chi connectivity index (χ2v) is 2.53. The first-order valence-electron chi connectivity index (χ1n) is 3.53. The molecule has 13 heavy (non-hydrogen) atoms. The van der Waals surface area contributed by atoms with Gasteiger partial charge in [-0.1, -0.05) is 0 Å². The highest BCUT2D eigenvalue weighted by atomic mass is 19.3. The number of pyridine rings is 1. The van der Waals surface area contributed by atoms with Gasteiger partial charge in [0.05, 0.1) is 0 Å². The van der Waals surface area contributed by atoms with E-state index in [1.807, 2.05) is 0 Å². The summed E-state index contributed by atoms with van der Waals surface area (Å²) in [4.78, 5) is 23.5. The standard InChI is InChI=1S/C8H7F2NO2/c1-4-6(3-12)5(7(9)10)2-11-8(4)13/h2-3,7H,1H3,(H,11,13). The van der Waals surface area contributed by atoms with E-state index in [-0.39, 0.29) is 17.4 Å². The molecule has 0 radical (unpaired) electrons. The Morgan fingerprint density at radius 3 is 2.62 bits per heavy atom. The summed E-state index contributed by atoms with van der Waals surface area (Å²) >= 11 is 0. The Morgan fingerprint density at radius 2 is 2.15 bits per heavy atom. The van der Waals surface area contributed by atoms with Crippen molar-refractivity contribution in [2.24, 2.45) is 0 Å². The molecule has 0 spiro atoms. The molecule has 0 saturated carbocycles. The van der Waals surface area contributed by atoms with E-state index in [1.54, 1.807) is 0 Å². The van der Waals surface area contributed by atoms with Crippen LogP contribution in [0.25, 0.3) is 0 Å². The van der Waals surface area contributed by atoms with Gasteiger partial charge in [-0.15, -0.1) is 0 Å². The SMILES string of the molecule is Cc1c(C=O)c(C(F)F)c[nH]c1=O. The van der Waals surface area contributed by atoms with Crippen molar-refractivity contribution in [3.05, 3.63) is 33.2 Å². The van der Waals surface area contributed by atoms with Gasteiger partial charge in [0.25, 0.3) is 12.0 Å². The maximum Gasteiger partial charge on any atom is 0.265 e. The molecule has 0 aliphatic heterocycles. The molecule has 0 aliphatic carbocycles. The van der Waals surface area contributed by atoms with Crippen LogP contribution in [-0.2, 0) is 0 Å². The number of alkyl halides is 2. The number of aldehydes is 1. The maximum absolute atomic E-state index is 12.2. The third-order valence-electron chi connectivity index (χ3n) is 1.77. The third-order valence-corrected chi connectivity index (χ3v) is 1.77. The van der Waals surface area contributed by atoms with E-state index in [2.05, 4.69) is 4.98 Å². The molecule has 0 fully saturated rings. The largest absolute Gasteiger partial charge is 0.328 e. The van der Waals surface area contributed by atoms with Crippen molar-refractivity contribution < 1.29 is 13.6 Å². The number of halogens is 2. The molecular weight excluding hydrogens is 180 g/mol. The number of nitrogens with one attached hydrogen (secondary N) is 1. The summed E-state index contributed by atoms with van der Waals surface area (Å²) in [5, 5.41) is 0. The molecule has 1 aromatic heterocycles. The highest BCUT2D eigenvalue weighted by molar-refractivity contribution is 5.79. The lowest BCUT2D eigenvalue weighted by molar-refractivity contribution is 0.110. The van der Waals surface area contributed by atoms with Crippen molar-refractivity contribution in [3.8, 4) is 0 Å². The van der Waals surface area contributed by atoms with Crippen LogP contribution in [0, 0.1) is 6.92 Å². The first-order chi connectivity index (χ1) is 6.07. The van der Waals surface area contributed by atoms with E-state index >= 15 is 0 Å². The smallest absolute Gasteiger partial charge is 0.265 e. The summed E-state index contributed by atoms with van der Waals surface area (Å²) in [6.07, 6.45) is -1.62. The highest BCUT2D eigenvalue weighted by Gasteiger charge is 2.15. The van der Waals surface area contributed by atoms with Gasteiger partial charge >= 0.3 is 0 Å². The fourth-order valence-corrected chi connectivity index (χ4v) is 1.01. The fraction of sp³-hybridized carbons (Fsp3) is 0.250. The second-order valence-electron chi connectivity index (χ2n) is 2.53. The number of hydrogen-bond acceptors (Lipinski definition) is 2. The number of carbonyl (C=O) groups excluding carboxylic acids is 1. The van der Waals surface area contributed by atoms with E-state index in [1.165, 1.54) is 6.92 Å². The van der Waals surface area contributed by atoms with Gasteiger partial charge in [-0.3, -0.25) is 9.59 Å². The molecule has 0 amide bonds. The van der Waals surface area contributed by atoms with Crippen molar-refractivity contribution in [2.75, 3.05) is 0 Å². The summed E-state index contributed by atoms with van der Waals surface area (Å²) in [7, 11) is 0. The third kappa shape index (κ3) is 1.63. The molecule has 0 bridgehead atoms. The summed E-state index contributed by atoms with van der Waals surface area (Å²) in [5.41, 5.74) is -1.16. The minimum atomic E-state index is -2.75. The van der Waals surface area contributed by atoms with Crippen LogP contribution >= 0.6 is 0 Å². The Bertz CT molecular complexity index is 384. The van der Waals surface area contributed by atoms with Gasteiger partial charge in [-0.05, 0) is 6.92 Å². The summed E-state index contributed by atoms with van der Waals surface area (Å²) in [6, 6.07) is 0.